The van der Waals surface area contributed by atoms with Gasteiger partial charge in [0.25, 0.3) is 0 Å². The molecule has 4 N–H and O–H groups in total. The smallest absolute Gasteiger partial charge is 0.423 e. The summed E-state index contributed by atoms with van der Waals surface area (Å²) in [5, 5.41) is 23.8. The third kappa shape index (κ3) is 2.14. The zero-order valence-electron chi connectivity index (χ0n) is 7.70. The van der Waals surface area contributed by atoms with Crippen LogP contribution in [-0.2, 0) is 0 Å². The number of hydrogen-bond acceptors (Lipinski definition) is 4. The lowest BCUT2D eigenvalue weighted by atomic mass is 9.80. The van der Waals surface area contributed by atoms with Gasteiger partial charge >= 0.3 is 7.12 Å². The van der Waals surface area contributed by atoms with Crippen LogP contribution in [0.25, 0.3) is 0 Å². The van der Waals surface area contributed by atoms with Crippen molar-refractivity contribution < 1.29 is 10.0 Å². The molecule has 0 aliphatic carbocycles. The second kappa shape index (κ2) is 4.16. The summed E-state index contributed by atoms with van der Waals surface area (Å²) in [7, 11) is 2.17. The Bertz CT molecular complexity index is 291. The molecule has 4 nitrogen and oxygen atoms in total. The maximum Gasteiger partial charge on any atom is 0.488 e. The Morgan fingerprint density at radius 2 is 1.69 bits per heavy atom. The molecular formula is C8H13BN2O2. The highest BCUT2D eigenvalue weighted by atomic mass is 16.4. The van der Waals surface area contributed by atoms with Gasteiger partial charge in [0.1, 0.15) is 0 Å². The molecular weight excluding hydrogens is 167 g/mol. The molecule has 0 aromatic heterocycles. The van der Waals surface area contributed by atoms with Gasteiger partial charge in [-0.05, 0) is 17.6 Å². The van der Waals surface area contributed by atoms with E-state index in [1.807, 2.05) is 7.05 Å². The standard InChI is InChI=1S/C8H13BN2O2/c1-10-7-4-3-6(9(12)13)5-8(7)11-2/h3-5,10-13H,1-2H3. The minimum atomic E-state index is -1.42. The lowest BCUT2D eigenvalue weighted by Gasteiger charge is -2.10. The maximum absolute atomic E-state index is 8.91. The lowest BCUT2D eigenvalue weighted by molar-refractivity contribution is 0.426. The van der Waals surface area contributed by atoms with Gasteiger partial charge in [-0.3, -0.25) is 0 Å². The number of hydrogen-bond donors (Lipinski definition) is 4. The van der Waals surface area contributed by atoms with Crippen molar-refractivity contribution in [2.75, 3.05) is 24.7 Å². The summed E-state index contributed by atoms with van der Waals surface area (Å²) in [4.78, 5) is 0. The van der Waals surface area contributed by atoms with E-state index in [0.717, 1.165) is 11.4 Å². The van der Waals surface area contributed by atoms with Crippen LogP contribution in [0.5, 0.6) is 0 Å². The Hall–Kier alpha value is -1.20. The number of rotatable bonds is 3. The third-order valence-electron chi connectivity index (χ3n) is 1.88. The van der Waals surface area contributed by atoms with Gasteiger partial charge in [-0.2, -0.15) is 0 Å². The molecule has 70 valence electrons. The third-order valence-corrected chi connectivity index (χ3v) is 1.88. The largest absolute Gasteiger partial charge is 0.488 e. The first-order chi connectivity index (χ1) is 6.19. The molecule has 1 aromatic rings. The van der Waals surface area contributed by atoms with E-state index in [0.29, 0.717) is 5.46 Å². The Morgan fingerprint density at radius 1 is 1.08 bits per heavy atom. The zero-order valence-corrected chi connectivity index (χ0v) is 7.70. The molecule has 0 atom stereocenters. The molecule has 0 amide bonds. The molecule has 0 fully saturated rings. The van der Waals surface area contributed by atoms with Crippen molar-refractivity contribution in [2.45, 2.75) is 0 Å². The molecule has 0 spiro atoms. The Balaban J connectivity index is 3.05. The fourth-order valence-electron chi connectivity index (χ4n) is 1.15. The van der Waals surface area contributed by atoms with Crippen molar-refractivity contribution in [3.8, 4) is 0 Å². The molecule has 1 rings (SSSR count). The molecule has 0 bridgehead atoms. The number of anilines is 2. The van der Waals surface area contributed by atoms with Crippen molar-refractivity contribution in [1.29, 1.82) is 0 Å². The van der Waals surface area contributed by atoms with Gasteiger partial charge < -0.3 is 20.7 Å². The van der Waals surface area contributed by atoms with Gasteiger partial charge in [0.2, 0.25) is 0 Å². The van der Waals surface area contributed by atoms with Crippen LogP contribution in [0.4, 0.5) is 11.4 Å². The van der Waals surface area contributed by atoms with Gasteiger partial charge in [0.15, 0.2) is 0 Å². The van der Waals surface area contributed by atoms with Gasteiger partial charge in [0.05, 0.1) is 11.4 Å². The predicted octanol–water partition coefficient (Wildman–Crippen LogP) is -0.550. The minimum absolute atomic E-state index is 0.475. The normalized spacial score (nSPS) is 9.54. The van der Waals surface area contributed by atoms with E-state index in [1.54, 1.807) is 25.2 Å². The van der Waals surface area contributed by atoms with Crippen LogP contribution < -0.4 is 16.1 Å². The molecule has 0 unspecified atom stereocenters. The number of benzene rings is 1. The van der Waals surface area contributed by atoms with Crippen LogP contribution in [0.3, 0.4) is 0 Å². The molecule has 0 saturated heterocycles. The van der Waals surface area contributed by atoms with E-state index in [2.05, 4.69) is 10.6 Å². The van der Waals surface area contributed by atoms with Gasteiger partial charge in [-0.15, -0.1) is 0 Å². The molecule has 1 aromatic carbocycles. The highest BCUT2D eigenvalue weighted by Gasteiger charge is 2.12. The van der Waals surface area contributed by atoms with E-state index < -0.39 is 7.12 Å². The van der Waals surface area contributed by atoms with Crippen molar-refractivity contribution >= 4 is 24.0 Å². The molecule has 0 aliphatic heterocycles. The highest BCUT2D eigenvalue weighted by Crippen LogP contribution is 2.18. The van der Waals surface area contributed by atoms with E-state index in [9.17, 15) is 0 Å². The predicted molar refractivity (Wildman–Crippen MR) is 55.4 cm³/mol. The first-order valence-corrected chi connectivity index (χ1v) is 4.04. The molecule has 5 heteroatoms. The van der Waals surface area contributed by atoms with E-state index in [-0.39, 0.29) is 0 Å². The van der Waals surface area contributed by atoms with Crippen molar-refractivity contribution in [3.63, 3.8) is 0 Å². The fraction of sp³-hybridized carbons (Fsp3) is 0.250. The van der Waals surface area contributed by atoms with Crippen LogP contribution >= 0.6 is 0 Å². The second-order valence-electron chi connectivity index (χ2n) is 2.68. The van der Waals surface area contributed by atoms with Crippen LogP contribution in [0, 0.1) is 0 Å². The molecule has 0 saturated carbocycles. The molecule has 13 heavy (non-hydrogen) atoms. The van der Waals surface area contributed by atoms with Gasteiger partial charge in [-0.25, -0.2) is 0 Å². The lowest BCUT2D eigenvalue weighted by Crippen LogP contribution is -2.29. The first-order valence-electron chi connectivity index (χ1n) is 4.04. The van der Waals surface area contributed by atoms with E-state index >= 15 is 0 Å². The van der Waals surface area contributed by atoms with E-state index in [1.165, 1.54) is 0 Å². The quantitative estimate of drug-likeness (QED) is 0.471. The van der Waals surface area contributed by atoms with Gasteiger partial charge in [-0.1, -0.05) is 6.07 Å². The molecule has 0 radical (unpaired) electrons. The Morgan fingerprint density at radius 3 is 2.15 bits per heavy atom. The SMILES string of the molecule is CNc1ccc(B(O)O)cc1NC. The van der Waals surface area contributed by atoms with E-state index in [4.69, 9.17) is 10.0 Å². The summed E-state index contributed by atoms with van der Waals surface area (Å²) in [5.41, 5.74) is 2.24. The Labute approximate surface area is 77.7 Å². The summed E-state index contributed by atoms with van der Waals surface area (Å²) in [6, 6.07) is 5.15. The maximum atomic E-state index is 8.91. The first kappa shape index (κ1) is 9.89. The fourth-order valence-corrected chi connectivity index (χ4v) is 1.15. The average Bonchev–Trinajstić information content (AvgIpc) is 2.16. The monoisotopic (exact) mass is 180 g/mol. The number of nitrogens with one attached hydrogen (secondary N) is 2. The van der Waals surface area contributed by atoms with Crippen LogP contribution in [0.2, 0.25) is 0 Å². The summed E-state index contributed by atoms with van der Waals surface area (Å²) in [6.45, 7) is 0. The minimum Gasteiger partial charge on any atom is -0.423 e. The Kier molecular flexibility index (Phi) is 3.16. The summed E-state index contributed by atoms with van der Waals surface area (Å²) in [6.07, 6.45) is 0. The zero-order chi connectivity index (χ0) is 9.84. The van der Waals surface area contributed by atoms with Crippen LogP contribution in [0.1, 0.15) is 0 Å². The van der Waals surface area contributed by atoms with Crippen molar-refractivity contribution in [2.24, 2.45) is 0 Å². The molecule has 0 aliphatic rings. The van der Waals surface area contributed by atoms with Crippen LogP contribution in [-0.4, -0.2) is 31.3 Å². The summed E-state index contributed by atoms with van der Waals surface area (Å²) >= 11 is 0. The molecule has 0 heterocycles. The average molecular weight is 180 g/mol. The topological polar surface area (TPSA) is 64.5 Å². The second-order valence-corrected chi connectivity index (χ2v) is 2.68. The highest BCUT2D eigenvalue weighted by molar-refractivity contribution is 6.58. The van der Waals surface area contributed by atoms with Crippen molar-refractivity contribution in [1.82, 2.24) is 0 Å². The van der Waals surface area contributed by atoms with Gasteiger partial charge in [0, 0.05) is 14.1 Å². The van der Waals surface area contributed by atoms with Crippen LogP contribution in [0.15, 0.2) is 18.2 Å². The summed E-state index contributed by atoms with van der Waals surface area (Å²) < 4.78 is 0. The summed E-state index contributed by atoms with van der Waals surface area (Å²) in [5.74, 6) is 0. The van der Waals surface area contributed by atoms with Crippen molar-refractivity contribution in [3.05, 3.63) is 18.2 Å².